The SMILES string of the molecule is C=C1c2c(Cl)ccc(O)c2C(=O)C2C(=O)[C@]3(O)C(=O)C(C(N)=O)C(=O)[C@@H](N(C)C)[C@@H]3[C@@H](O)C12. The van der Waals surface area contributed by atoms with Gasteiger partial charge in [-0.05, 0) is 31.8 Å². The lowest BCUT2D eigenvalue weighted by Crippen LogP contribution is -2.77. The van der Waals surface area contributed by atoms with E-state index in [1.165, 1.54) is 25.1 Å². The van der Waals surface area contributed by atoms with E-state index < -0.39 is 76.2 Å². The highest BCUT2D eigenvalue weighted by molar-refractivity contribution is 6.36. The van der Waals surface area contributed by atoms with Crippen LogP contribution in [0.4, 0.5) is 0 Å². The van der Waals surface area contributed by atoms with Crippen LogP contribution < -0.4 is 5.73 Å². The van der Waals surface area contributed by atoms with E-state index in [1.807, 2.05) is 0 Å². The quantitative estimate of drug-likeness (QED) is 0.388. The number of fused-ring (bicyclic) bond motifs is 3. The minimum atomic E-state index is -3.05. The van der Waals surface area contributed by atoms with E-state index in [1.54, 1.807) is 0 Å². The maximum absolute atomic E-state index is 13.6. The number of primary amides is 1. The smallest absolute Gasteiger partial charge is 0.235 e. The van der Waals surface area contributed by atoms with E-state index >= 15 is 0 Å². The summed E-state index contributed by atoms with van der Waals surface area (Å²) in [4.78, 5) is 66.4. The predicted octanol–water partition coefficient (Wildman–Crippen LogP) is -1.04. The molecule has 10 nitrogen and oxygen atoms in total. The van der Waals surface area contributed by atoms with Gasteiger partial charge in [0.2, 0.25) is 5.91 Å². The molecular formula is C22H21ClN2O8. The minimum Gasteiger partial charge on any atom is -0.507 e. The van der Waals surface area contributed by atoms with E-state index in [9.17, 15) is 39.3 Å². The number of aliphatic hydroxyl groups excluding tert-OH is 1. The number of hydrogen-bond acceptors (Lipinski definition) is 9. The fourth-order valence-electron chi connectivity index (χ4n) is 5.62. The van der Waals surface area contributed by atoms with Crippen LogP contribution in [0.2, 0.25) is 5.02 Å². The summed E-state index contributed by atoms with van der Waals surface area (Å²) >= 11 is 6.23. The molecule has 3 aliphatic rings. The van der Waals surface area contributed by atoms with Crippen molar-refractivity contribution in [2.24, 2.45) is 29.4 Å². The lowest BCUT2D eigenvalue weighted by molar-refractivity contribution is -0.192. The molecule has 0 bridgehead atoms. The molecule has 1 amide bonds. The third-order valence-electron chi connectivity index (χ3n) is 7.02. The number of ketones is 4. The second-order valence-corrected chi connectivity index (χ2v) is 9.27. The number of halogens is 1. The van der Waals surface area contributed by atoms with Crippen LogP contribution in [0.5, 0.6) is 5.75 Å². The number of amides is 1. The van der Waals surface area contributed by atoms with Crippen LogP contribution in [0.1, 0.15) is 15.9 Å². The van der Waals surface area contributed by atoms with E-state index in [0.29, 0.717) is 0 Å². The number of nitrogens with two attached hydrogens (primary N) is 1. The minimum absolute atomic E-state index is 0.0325. The van der Waals surface area contributed by atoms with Crippen molar-refractivity contribution in [1.82, 2.24) is 4.90 Å². The third-order valence-corrected chi connectivity index (χ3v) is 7.33. The van der Waals surface area contributed by atoms with Gasteiger partial charge < -0.3 is 21.1 Å². The molecule has 4 rings (SSSR count). The number of phenols is 1. The van der Waals surface area contributed by atoms with Crippen molar-refractivity contribution < 1.29 is 39.3 Å². The van der Waals surface area contributed by atoms with Crippen molar-refractivity contribution in [2.45, 2.75) is 17.7 Å². The van der Waals surface area contributed by atoms with Crippen LogP contribution in [-0.2, 0) is 19.2 Å². The number of aliphatic hydroxyl groups is 2. The van der Waals surface area contributed by atoms with Crippen molar-refractivity contribution in [2.75, 3.05) is 14.1 Å². The van der Waals surface area contributed by atoms with Gasteiger partial charge in [0.05, 0.1) is 29.5 Å². The molecule has 7 atom stereocenters. The monoisotopic (exact) mass is 476 g/mol. The first-order valence-electron chi connectivity index (χ1n) is 10.0. The molecule has 0 saturated heterocycles. The van der Waals surface area contributed by atoms with E-state index in [2.05, 4.69) is 6.58 Å². The lowest BCUT2D eigenvalue weighted by atomic mass is 9.50. The Morgan fingerprint density at radius 2 is 1.76 bits per heavy atom. The Balaban J connectivity index is 1.99. The average molecular weight is 477 g/mol. The molecule has 1 aromatic rings. The molecule has 33 heavy (non-hydrogen) atoms. The third kappa shape index (κ3) is 2.75. The zero-order valence-corrected chi connectivity index (χ0v) is 18.4. The lowest BCUT2D eigenvalue weighted by Gasteiger charge is -2.55. The molecule has 0 radical (unpaired) electrons. The van der Waals surface area contributed by atoms with Crippen molar-refractivity contribution in [3.05, 3.63) is 34.9 Å². The van der Waals surface area contributed by atoms with Crippen molar-refractivity contribution in [3.8, 4) is 5.75 Å². The summed E-state index contributed by atoms with van der Waals surface area (Å²) in [6.07, 6.45) is -1.78. The number of phenolic OH excluding ortho intramolecular Hbond substituents is 1. The van der Waals surface area contributed by atoms with Gasteiger partial charge in [-0.15, -0.1) is 0 Å². The van der Waals surface area contributed by atoms with Crippen molar-refractivity contribution in [3.63, 3.8) is 0 Å². The molecule has 0 heterocycles. The standard InChI is InChI=1S/C22H21ClN2O8/c1-6-9-7(23)4-5-8(26)11(9)16(27)12-10(6)17(28)14-15(25(2)3)18(29)13(21(24)32)20(31)22(14,33)19(12)30/h4-5,10,12-15,17,26,28,33H,1H2,2-3H3,(H2,24,32)/t10?,12?,13?,14-,15+,17+,22+/m1/s1. The topological polar surface area (TPSA) is 175 Å². The normalized spacial score (nSPS) is 35.9. The maximum Gasteiger partial charge on any atom is 0.235 e. The Hall–Kier alpha value is -2.92. The molecular weight excluding hydrogens is 456 g/mol. The molecule has 0 aromatic heterocycles. The summed E-state index contributed by atoms with van der Waals surface area (Å²) < 4.78 is 0. The average Bonchev–Trinajstić information content (AvgIpc) is 2.72. The van der Waals surface area contributed by atoms with Gasteiger partial charge in [-0.1, -0.05) is 18.2 Å². The fraction of sp³-hybridized carbons (Fsp3) is 0.409. The van der Waals surface area contributed by atoms with Crippen LogP contribution in [-0.4, -0.2) is 81.1 Å². The van der Waals surface area contributed by atoms with Gasteiger partial charge in [0, 0.05) is 16.5 Å². The number of rotatable bonds is 2. The molecule has 0 aliphatic heterocycles. The van der Waals surface area contributed by atoms with Crippen molar-refractivity contribution in [1.29, 1.82) is 0 Å². The molecule has 1 aromatic carbocycles. The largest absolute Gasteiger partial charge is 0.507 e. The number of benzene rings is 1. The van der Waals surface area contributed by atoms with Gasteiger partial charge in [-0.3, -0.25) is 28.9 Å². The van der Waals surface area contributed by atoms with Crippen LogP contribution in [0.3, 0.4) is 0 Å². The summed E-state index contributed by atoms with van der Waals surface area (Å²) in [6, 6.07) is 1.01. The summed E-state index contributed by atoms with van der Waals surface area (Å²) in [5.41, 5.74) is 1.93. The first kappa shape index (κ1) is 23.2. The Labute approximate surface area is 192 Å². The molecule has 2 fully saturated rings. The van der Waals surface area contributed by atoms with Crippen molar-refractivity contribution >= 4 is 46.2 Å². The van der Waals surface area contributed by atoms with Gasteiger partial charge in [0.25, 0.3) is 0 Å². The molecule has 3 aliphatic carbocycles. The number of nitrogens with zero attached hydrogens (tertiary/aromatic N) is 1. The first-order valence-corrected chi connectivity index (χ1v) is 10.4. The van der Waals surface area contributed by atoms with Crippen LogP contribution in [0, 0.1) is 23.7 Å². The summed E-state index contributed by atoms with van der Waals surface area (Å²) in [7, 11) is 2.82. The highest BCUT2D eigenvalue weighted by Gasteiger charge is 2.72. The Morgan fingerprint density at radius 1 is 1.15 bits per heavy atom. The highest BCUT2D eigenvalue weighted by atomic mass is 35.5. The summed E-state index contributed by atoms with van der Waals surface area (Å²) in [5, 5.41) is 33.1. The second kappa shape index (κ2) is 7.29. The molecule has 174 valence electrons. The highest BCUT2D eigenvalue weighted by Crippen LogP contribution is 2.54. The van der Waals surface area contributed by atoms with E-state index in [-0.39, 0.29) is 21.7 Å². The Kier molecular flexibility index (Phi) is 5.14. The molecule has 2 saturated carbocycles. The summed E-state index contributed by atoms with van der Waals surface area (Å²) in [6.45, 7) is 3.87. The molecule has 3 unspecified atom stereocenters. The second-order valence-electron chi connectivity index (χ2n) is 8.87. The first-order chi connectivity index (χ1) is 15.3. The number of carbonyl (C=O) groups is 5. The van der Waals surface area contributed by atoms with Crippen LogP contribution in [0.25, 0.3) is 5.57 Å². The maximum atomic E-state index is 13.6. The van der Waals surface area contributed by atoms with E-state index in [4.69, 9.17) is 17.3 Å². The van der Waals surface area contributed by atoms with Crippen LogP contribution in [0.15, 0.2) is 18.7 Å². The number of likely N-dealkylation sites (N-methyl/N-ethyl adjacent to an activating group) is 1. The Bertz CT molecular complexity index is 1180. The zero-order chi connectivity index (χ0) is 24.7. The fourth-order valence-corrected chi connectivity index (χ4v) is 5.90. The number of hydrogen-bond donors (Lipinski definition) is 4. The number of carbonyl (C=O) groups excluding carboxylic acids is 5. The molecule has 5 N–H and O–H groups in total. The number of aromatic hydroxyl groups is 1. The van der Waals surface area contributed by atoms with Gasteiger partial charge in [0.1, 0.15) is 5.75 Å². The number of Topliss-reactive ketones (excluding diaryl/α,β-unsaturated/α-hetero) is 4. The Morgan fingerprint density at radius 3 is 2.30 bits per heavy atom. The van der Waals surface area contributed by atoms with Crippen LogP contribution >= 0.6 is 11.6 Å². The predicted molar refractivity (Wildman–Crippen MR) is 113 cm³/mol. The molecule has 11 heteroatoms. The van der Waals surface area contributed by atoms with Gasteiger partial charge >= 0.3 is 0 Å². The van der Waals surface area contributed by atoms with Gasteiger partial charge in [-0.25, -0.2) is 0 Å². The summed E-state index contributed by atoms with van der Waals surface area (Å²) in [5.74, 6) is -13.6. The van der Waals surface area contributed by atoms with E-state index in [0.717, 1.165) is 6.07 Å². The van der Waals surface area contributed by atoms with Gasteiger partial charge in [0.15, 0.2) is 34.7 Å². The zero-order valence-electron chi connectivity index (χ0n) is 17.6. The molecule has 0 spiro atoms. The van der Waals surface area contributed by atoms with Gasteiger partial charge in [-0.2, -0.15) is 0 Å².